The predicted octanol–water partition coefficient (Wildman–Crippen LogP) is 2.09. The molecule has 2 heterocycles. The molecule has 0 amide bonds. The third-order valence-corrected chi connectivity index (χ3v) is 2.86. The minimum Gasteiger partial charge on any atom is -0.310 e. The third-order valence-electron chi connectivity index (χ3n) is 1.98. The lowest BCUT2D eigenvalue weighted by Gasteiger charge is -2.26. The second-order valence-corrected chi connectivity index (χ2v) is 3.90. The molecule has 0 aliphatic carbocycles. The molecule has 2 heteroatoms. The Hall–Kier alpha value is -0.340. The summed E-state index contributed by atoms with van der Waals surface area (Å²) in [5.41, 5.74) is 1.48. The van der Waals surface area contributed by atoms with Crippen molar-refractivity contribution in [2.45, 2.75) is 19.4 Å². The van der Waals surface area contributed by atoms with Crippen LogP contribution in [-0.4, -0.2) is 6.54 Å². The van der Waals surface area contributed by atoms with Crippen molar-refractivity contribution >= 4 is 11.3 Å². The van der Waals surface area contributed by atoms with Gasteiger partial charge < -0.3 is 5.32 Å². The van der Waals surface area contributed by atoms with Crippen LogP contribution in [0.15, 0.2) is 11.4 Å². The first-order chi connectivity index (χ1) is 4.86. The van der Waals surface area contributed by atoms with Gasteiger partial charge in [-0.1, -0.05) is 0 Å². The van der Waals surface area contributed by atoms with Crippen molar-refractivity contribution in [1.82, 2.24) is 5.32 Å². The van der Waals surface area contributed by atoms with Gasteiger partial charge in [-0.25, -0.2) is 0 Å². The van der Waals surface area contributed by atoms with E-state index < -0.39 is 0 Å². The zero-order valence-electron chi connectivity index (χ0n) is 6.05. The first-order valence-electron chi connectivity index (χ1n) is 3.65. The summed E-state index contributed by atoms with van der Waals surface area (Å²) in [6.45, 7) is 3.35. The van der Waals surface area contributed by atoms with Crippen LogP contribution in [0.2, 0.25) is 0 Å². The zero-order valence-corrected chi connectivity index (χ0v) is 6.87. The molecule has 0 spiro atoms. The Balaban J connectivity index is 2.17. The van der Waals surface area contributed by atoms with E-state index >= 15 is 0 Å². The molecule has 0 bridgehead atoms. The zero-order chi connectivity index (χ0) is 6.97. The highest BCUT2D eigenvalue weighted by Crippen LogP contribution is 2.26. The summed E-state index contributed by atoms with van der Waals surface area (Å²) < 4.78 is 0. The molecular formula is C8H11NS. The van der Waals surface area contributed by atoms with E-state index in [0.29, 0.717) is 6.04 Å². The molecule has 0 aromatic carbocycles. The predicted molar refractivity (Wildman–Crippen MR) is 44.4 cm³/mol. The average Bonchev–Trinajstić information content (AvgIpc) is 2.10. The molecule has 1 fully saturated rings. The fourth-order valence-corrected chi connectivity index (χ4v) is 1.98. The van der Waals surface area contributed by atoms with Crippen molar-refractivity contribution < 1.29 is 0 Å². The molecule has 1 aromatic rings. The number of hydrogen-bond acceptors (Lipinski definition) is 2. The second kappa shape index (κ2) is 2.36. The lowest BCUT2D eigenvalue weighted by atomic mass is 10.0. The molecule has 1 aromatic heterocycles. The largest absolute Gasteiger partial charge is 0.310 e. The maximum atomic E-state index is 3.38. The van der Waals surface area contributed by atoms with Crippen molar-refractivity contribution in [3.05, 3.63) is 21.9 Å². The van der Waals surface area contributed by atoms with Gasteiger partial charge in [-0.2, -0.15) is 0 Å². The van der Waals surface area contributed by atoms with E-state index in [0.717, 1.165) is 0 Å². The smallest absolute Gasteiger partial charge is 0.0340 e. The summed E-state index contributed by atoms with van der Waals surface area (Å²) in [7, 11) is 0. The number of hydrogen-bond donors (Lipinski definition) is 1. The fourth-order valence-electron chi connectivity index (χ4n) is 1.22. The second-order valence-electron chi connectivity index (χ2n) is 2.79. The molecule has 1 N–H and O–H groups in total. The molecule has 1 aliphatic heterocycles. The molecule has 2 rings (SSSR count). The molecule has 0 saturated carbocycles. The van der Waals surface area contributed by atoms with Gasteiger partial charge in [0.1, 0.15) is 0 Å². The highest BCUT2D eigenvalue weighted by atomic mass is 32.1. The molecular weight excluding hydrogens is 142 g/mol. The van der Waals surface area contributed by atoms with Crippen molar-refractivity contribution in [3.8, 4) is 0 Å². The number of aryl methyl sites for hydroxylation is 1. The van der Waals surface area contributed by atoms with Crippen LogP contribution in [0.4, 0.5) is 0 Å². The summed E-state index contributed by atoms with van der Waals surface area (Å²) in [6, 6.07) is 2.95. The Labute approximate surface area is 65.1 Å². The van der Waals surface area contributed by atoms with Crippen LogP contribution in [0.25, 0.3) is 0 Å². The quantitative estimate of drug-likeness (QED) is 0.651. The van der Waals surface area contributed by atoms with Crippen molar-refractivity contribution in [1.29, 1.82) is 0 Å². The van der Waals surface area contributed by atoms with E-state index in [9.17, 15) is 0 Å². The highest BCUT2D eigenvalue weighted by Gasteiger charge is 2.18. The van der Waals surface area contributed by atoms with Crippen molar-refractivity contribution in [3.63, 3.8) is 0 Å². The Morgan fingerprint density at radius 1 is 1.70 bits per heavy atom. The van der Waals surface area contributed by atoms with E-state index in [1.54, 1.807) is 0 Å². The van der Waals surface area contributed by atoms with Crippen molar-refractivity contribution in [2.75, 3.05) is 6.54 Å². The van der Waals surface area contributed by atoms with Crippen molar-refractivity contribution in [2.24, 2.45) is 0 Å². The van der Waals surface area contributed by atoms with Gasteiger partial charge in [-0.3, -0.25) is 0 Å². The van der Waals surface area contributed by atoms with Gasteiger partial charge in [0.2, 0.25) is 0 Å². The number of thiophene rings is 1. The van der Waals surface area contributed by atoms with Crippen LogP contribution < -0.4 is 5.32 Å². The topological polar surface area (TPSA) is 12.0 Å². The maximum Gasteiger partial charge on any atom is 0.0340 e. The summed E-state index contributed by atoms with van der Waals surface area (Å²) in [5.74, 6) is 0. The Kier molecular flexibility index (Phi) is 1.51. The van der Waals surface area contributed by atoms with Gasteiger partial charge >= 0.3 is 0 Å². The van der Waals surface area contributed by atoms with E-state index in [2.05, 4.69) is 23.7 Å². The molecule has 0 unspecified atom stereocenters. The summed E-state index contributed by atoms with van der Waals surface area (Å²) >= 11 is 1.84. The van der Waals surface area contributed by atoms with E-state index in [4.69, 9.17) is 0 Å². The van der Waals surface area contributed by atoms with Crippen LogP contribution >= 0.6 is 11.3 Å². The minimum absolute atomic E-state index is 0.671. The molecule has 1 saturated heterocycles. The third kappa shape index (κ3) is 0.976. The van der Waals surface area contributed by atoms with Gasteiger partial charge in [0.25, 0.3) is 0 Å². The van der Waals surface area contributed by atoms with Gasteiger partial charge in [0, 0.05) is 10.9 Å². The lowest BCUT2D eigenvalue weighted by Crippen LogP contribution is -2.34. The van der Waals surface area contributed by atoms with E-state index in [1.165, 1.54) is 23.4 Å². The first kappa shape index (κ1) is 6.38. The Bertz CT molecular complexity index is 225. The molecule has 54 valence electrons. The van der Waals surface area contributed by atoms with E-state index in [1.807, 2.05) is 11.3 Å². The normalized spacial score (nSPS) is 24.3. The summed E-state index contributed by atoms with van der Waals surface area (Å²) in [5, 5.41) is 5.64. The van der Waals surface area contributed by atoms with Crippen LogP contribution in [0.5, 0.6) is 0 Å². The van der Waals surface area contributed by atoms with Crippen LogP contribution in [-0.2, 0) is 0 Å². The van der Waals surface area contributed by atoms with Gasteiger partial charge in [-0.15, -0.1) is 11.3 Å². The average molecular weight is 153 g/mol. The Morgan fingerprint density at radius 3 is 2.90 bits per heavy atom. The van der Waals surface area contributed by atoms with Gasteiger partial charge in [0.15, 0.2) is 0 Å². The standard InChI is InChI=1S/C8H11NS/c1-6-4-7(5-10-6)8-2-3-9-8/h4-5,8-9H,2-3H2,1H3/t8-/m1/s1. The monoisotopic (exact) mass is 153 g/mol. The molecule has 1 nitrogen and oxygen atoms in total. The first-order valence-corrected chi connectivity index (χ1v) is 4.52. The maximum absolute atomic E-state index is 3.38. The highest BCUT2D eigenvalue weighted by molar-refractivity contribution is 7.10. The SMILES string of the molecule is Cc1cc([C@H]2CCN2)cs1. The fraction of sp³-hybridized carbons (Fsp3) is 0.500. The van der Waals surface area contributed by atoms with Gasteiger partial charge in [-0.05, 0) is 36.9 Å². The van der Waals surface area contributed by atoms with Crippen LogP contribution in [0.3, 0.4) is 0 Å². The minimum atomic E-state index is 0.671. The Morgan fingerprint density at radius 2 is 2.50 bits per heavy atom. The van der Waals surface area contributed by atoms with Crippen LogP contribution in [0.1, 0.15) is 22.9 Å². The summed E-state index contributed by atoms with van der Waals surface area (Å²) in [4.78, 5) is 1.42. The number of nitrogens with one attached hydrogen (secondary N) is 1. The molecule has 10 heavy (non-hydrogen) atoms. The molecule has 1 aliphatic rings. The van der Waals surface area contributed by atoms with Crippen LogP contribution in [0, 0.1) is 6.92 Å². The molecule has 1 atom stereocenters. The van der Waals surface area contributed by atoms with E-state index in [-0.39, 0.29) is 0 Å². The van der Waals surface area contributed by atoms with Gasteiger partial charge in [0.05, 0.1) is 0 Å². The lowest BCUT2D eigenvalue weighted by molar-refractivity contribution is 0.384. The molecule has 0 radical (unpaired) electrons. The summed E-state index contributed by atoms with van der Waals surface area (Å²) in [6.07, 6.45) is 1.32. The number of rotatable bonds is 1.